The van der Waals surface area contributed by atoms with Gasteiger partial charge in [0.05, 0.1) is 0 Å². The highest BCUT2D eigenvalue weighted by atomic mass is 29.3. The zero-order chi connectivity index (χ0) is 10.7. The Morgan fingerprint density at radius 2 is 1.15 bits per heavy atom. The van der Waals surface area contributed by atoms with Crippen LogP contribution < -0.4 is 0 Å². The summed E-state index contributed by atoms with van der Waals surface area (Å²) >= 11 is 0. The molecule has 0 bridgehead atoms. The summed E-state index contributed by atoms with van der Waals surface area (Å²) in [6.07, 6.45) is 0. The standard InChI is InChI=1S/C11H28Si2/c1-8-13(9-2,10-3)12(6,7)11(4)5/h11H,8-10H2,1-7H3. The van der Waals surface area contributed by atoms with E-state index in [0.717, 1.165) is 5.54 Å². The molecule has 80 valence electrons. The molecule has 0 aromatic heterocycles. The Labute approximate surface area is 86.9 Å². The van der Waals surface area contributed by atoms with Crippen LogP contribution in [0.2, 0.25) is 36.8 Å². The zero-order valence-corrected chi connectivity index (χ0v) is 12.7. The van der Waals surface area contributed by atoms with Gasteiger partial charge >= 0.3 is 0 Å². The van der Waals surface area contributed by atoms with Crippen molar-refractivity contribution < 1.29 is 0 Å². The topological polar surface area (TPSA) is 0 Å². The molecule has 0 aliphatic rings. The average Bonchev–Trinajstić information content (AvgIpc) is 2.08. The van der Waals surface area contributed by atoms with Gasteiger partial charge in [0.25, 0.3) is 0 Å². The fourth-order valence-electron chi connectivity index (χ4n) is 2.73. The van der Waals surface area contributed by atoms with Crippen LogP contribution in [-0.4, -0.2) is 15.2 Å². The van der Waals surface area contributed by atoms with Crippen LogP contribution in [0.25, 0.3) is 0 Å². The maximum Gasteiger partial charge on any atom is 0.0468 e. The molecular formula is C11H28Si2. The number of hydrogen-bond donors (Lipinski definition) is 0. The lowest BCUT2D eigenvalue weighted by atomic mass is 10.6. The van der Waals surface area contributed by atoms with E-state index < -0.39 is 15.2 Å². The second-order valence-corrected chi connectivity index (χ2v) is 21.5. The minimum atomic E-state index is -0.921. The average molecular weight is 217 g/mol. The highest BCUT2D eigenvalue weighted by molar-refractivity contribution is 7.42. The fourth-order valence-corrected chi connectivity index (χ4v) is 20.1. The van der Waals surface area contributed by atoms with Crippen LogP contribution in [0.15, 0.2) is 0 Å². The highest BCUT2D eigenvalue weighted by Gasteiger charge is 2.45. The maximum absolute atomic E-state index is 2.64. The minimum absolute atomic E-state index is 0.869. The molecule has 0 saturated carbocycles. The van der Waals surface area contributed by atoms with Gasteiger partial charge in [-0.3, -0.25) is 0 Å². The third-order valence-electron chi connectivity index (χ3n) is 4.84. The van der Waals surface area contributed by atoms with Crippen LogP contribution in [0.4, 0.5) is 0 Å². The molecule has 0 atom stereocenters. The lowest BCUT2D eigenvalue weighted by Gasteiger charge is -2.45. The van der Waals surface area contributed by atoms with Gasteiger partial charge in [-0.2, -0.15) is 0 Å². The van der Waals surface area contributed by atoms with Gasteiger partial charge in [-0.1, -0.05) is 71.4 Å². The Balaban J connectivity index is 4.91. The monoisotopic (exact) mass is 216 g/mol. The van der Waals surface area contributed by atoms with Crippen LogP contribution in [0.5, 0.6) is 0 Å². The Morgan fingerprint density at radius 3 is 1.23 bits per heavy atom. The third kappa shape index (κ3) is 2.27. The van der Waals surface area contributed by atoms with E-state index in [9.17, 15) is 0 Å². The van der Waals surface area contributed by atoms with E-state index in [1.54, 1.807) is 0 Å². The predicted octanol–water partition coefficient (Wildman–Crippen LogP) is 4.69. The molecular weight excluding hydrogens is 188 g/mol. The Bertz CT molecular complexity index is 138. The molecule has 0 aromatic rings. The molecule has 0 aliphatic heterocycles. The molecule has 0 amide bonds. The van der Waals surface area contributed by atoms with E-state index in [4.69, 9.17) is 0 Å². The molecule has 0 spiro atoms. The molecule has 0 unspecified atom stereocenters. The van der Waals surface area contributed by atoms with Gasteiger partial charge in [0.15, 0.2) is 0 Å². The molecule has 0 rings (SSSR count). The summed E-state index contributed by atoms with van der Waals surface area (Å²) in [5, 5.41) is 0. The Morgan fingerprint density at radius 1 is 0.846 bits per heavy atom. The molecule has 0 nitrogen and oxygen atoms in total. The van der Waals surface area contributed by atoms with Crippen molar-refractivity contribution in [3.05, 3.63) is 0 Å². The molecule has 0 fully saturated rings. The Hall–Kier alpha value is 0.434. The normalized spacial score (nSPS) is 13.8. The molecule has 0 heterocycles. The summed E-state index contributed by atoms with van der Waals surface area (Å²) in [6.45, 7) is 17.5. The molecule has 0 aromatic carbocycles. The van der Waals surface area contributed by atoms with Gasteiger partial charge < -0.3 is 0 Å². The zero-order valence-electron chi connectivity index (χ0n) is 10.7. The lowest BCUT2D eigenvalue weighted by molar-refractivity contribution is 1.02. The van der Waals surface area contributed by atoms with Crippen LogP contribution in [0.1, 0.15) is 34.6 Å². The first-order valence-corrected chi connectivity index (χ1v) is 12.6. The van der Waals surface area contributed by atoms with E-state index in [1.807, 2.05) is 0 Å². The van der Waals surface area contributed by atoms with Crippen molar-refractivity contribution >= 4 is 15.2 Å². The third-order valence-corrected chi connectivity index (χ3v) is 27.6. The van der Waals surface area contributed by atoms with Crippen molar-refractivity contribution in [1.29, 1.82) is 0 Å². The molecule has 0 radical (unpaired) electrons. The summed E-state index contributed by atoms with van der Waals surface area (Å²) in [4.78, 5) is 0. The van der Waals surface area contributed by atoms with Crippen molar-refractivity contribution in [2.75, 3.05) is 0 Å². The van der Waals surface area contributed by atoms with Crippen molar-refractivity contribution in [3.63, 3.8) is 0 Å². The van der Waals surface area contributed by atoms with Gasteiger partial charge in [-0.15, -0.1) is 0 Å². The van der Waals surface area contributed by atoms with E-state index in [0.29, 0.717) is 0 Å². The van der Waals surface area contributed by atoms with Crippen molar-refractivity contribution in [3.8, 4) is 0 Å². The van der Waals surface area contributed by atoms with Crippen molar-refractivity contribution in [1.82, 2.24) is 0 Å². The minimum Gasteiger partial charge on any atom is -0.0711 e. The van der Waals surface area contributed by atoms with E-state index >= 15 is 0 Å². The SMILES string of the molecule is CC[Si](CC)(CC)[Si](C)(C)C(C)C. The second-order valence-electron chi connectivity index (χ2n) is 5.22. The second kappa shape index (κ2) is 4.78. The summed E-state index contributed by atoms with van der Waals surface area (Å²) in [5.74, 6) is 0. The first kappa shape index (κ1) is 13.4. The molecule has 0 aliphatic carbocycles. The van der Waals surface area contributed by atoms with Crippen LogP contribution in [0, 0.1) is 0 Å². The number of hydrogen-bond acceptors (Lipinski definition) is 0. The molecule has 0 saturated heterocycles. The van der Waals surface area contributed by atoms with Crippen LogP contribution >= 0.6 is 0 Å². The van der Waals surface area contributed by atoms with Crippen LogP contribution in [-0.2, 0) is 0 Å². The van der Waals surface area contributed by atoms with Gasteiger partial charge in [0.1, 0.15) is 0 Å². The molecule has 13 heavy (non-hydrogen) atoms. The maximum atomic E-state index is 2.64. The fraction of sp³-hybridized carbons (Fsp3) is 1.00. The lowest BCUT2D eigenvalue weighted by Crippen LogP contribution is -2.59. The molecule has 0 N–H and O–H groups in total. The Kier molecular flexibility index (Phi) is 4.94. The first-order chi connectivity index (χ1) is 5.88. The first-order valence-electron chi connectivity index (χ1n) is 5.88. The quantitative estimate of drug-likeness (QED) is 0.585. The highest BCUT2D eigenvalue weighted by Crippen LogP contribution is 2.37. The summed E-state index contributed by atoms with van der Waals surface area (Å²) in [6, 6.07) is 4.53. The predicted molar refractivity (Wildman–Crippen MR) is 69.8 cm³/mol. The van der Waals surface area contributed by atoms with Gasteiger partial charge in [-0.05, 0) is 0 Å². The van der Waals surface area contributed by atoms with E-state index in [-0.39, 0.29) is 0 Å². The van der Waals surface area contributed by atoms with E-state index in [2.05, 4.69) is 47.7 Å². The van der Waals surface area contributed by atoms with Gasteiger partial charge in [0.2, 0.25) is 0 Å². The summed E-state index contributed by atoms with van der Waals surface area (Å²) in [7, 11) is -1.79. The van der Waals surface area contributed by atoms with Crippen molar-refractivity contribution in [2.45, 2.75) is 71.4 Å². The molecule has 2 heteroatoms. The van der Waals surface area contributed by atoms with E-state index in [1.165, 1.54) is 18.1 Å². The largest absolute Gasteiger partial charge is 0.0711 e. The number of rotatable bonds is 5. The smallest absolute Gasteiger partial charge is 0.0468 e. The van der Waals surface area contributed by atoms with Crippen molar-refractivity contribution in [2.24, 2.45) is 0 Å². The van der Waals surface area contributed by atoms with Gasteiger partial charge in [0, 0.05) is 15.2 Å². The summed E-state index contributed by atoms with van der Waals surface area (Å²) < 4.78 is 0. The van der Waals surface area contributed by atoms with Crippen LogP contribution in [0.3, 0.4) is 0 Å². The van der Waals surface area contributed by atoms with Gasteiger partial charge in [-0.25, -0.2) is 0 Å². The summed E-state index contributed by atoms with van der Waals surface area (Å²) in [5.41, 5.74) is 0.971.